The highest BCUT2D eigenvalue weighted by molar-refractivity contribution is 6.03. The van der Waals surface area contributed by atoms with Crippen LogP contribution in [0.25, 0.3) is 5.69 Å². The highest BCUT2D eigenvalue weighted by Gasteiger charge is 2.19. The number of amides is 1. The molecule has 0 aliphatic heterocycles. The third-order valence-electron chi connectivity index (χ3n) is 4.53. The summed E-state index contributed by atoms with van der Waals surface area (Å²) in [6.45, 7) is 4.14. The van der Waals surface area contributed by atoms with Crippen molar-refractivity contribution >= 4 is 11.7 Å². The highest BCUT2D eigenvalue weighted by atomic mass is 16.5. The quantitative estimate of drug-likeness (QED) is 0.532. The standard InChI is InChI=1S/C22H20N6O2/c1-15-5-7-18(8-6-15)28-16(2)20(26-27-28)22(29)25-21-19(4-3-11-24-21)30-14-17-9-12-23-13-10-17/h3-13H,14H2,1-2H3,(H,24,25,29). The molecule has 3 aromatic heterocycles. The van der Waals surface area contributed by atoms with Crippen LogP contribution in [-0.2, 0) is 6.61 Å². The summed E-state index contributed by atoms with van der Waals surface area (Å²) in [7, 11) is 0. The number of carbonyl (C=O) groups excluding carboxylic acids is 1. The number of carbonyl (C=O) groups is 1. The summed E-state index contributed by atoms with van der Waals surface area (Å²) in [6.07, 6.45) is 4.99. The van der Waals surface area contributed by atoms with Crippen LogP contribution in [0, 0.1) is 13.8 Å². The maximum atomic E-state index is 12.8. The first-order valence-electron chi connectivity index (χ1n) is 9.39. The van der Waals surface area contributed by atoms with Gasteiger partial charge in [0.1, 0.15) is 6.61 Å². The predicted octanol–water partition coefficient (Wildman–Crippen LogP) is 3.51. The first kappa shape index (κ1) is 19.3. The third kappa shape index (κ3) is 4.17. The first-order chi connectivity index (χ1) is 14.6. The molecule has 0 aliphatic carbocycles. The van der Waals surface area contributed by atoms with E-state index in [1.54, 1.807) is 42.3 Å². The summed E-state index contributed by atoms with van der Waals surface area (Å²) in [5.74, 6) is 0.380. The van der Waals surface area contributed by atoms with Crippen molar-refractivity contribution < 1.29 is 9.53 Å². The number of benzene rings is 1. The van der Waals surface area contributed by atoms with Crippen LogP contribution in [-0.4, -0.2) is 30.9 Å². The van der Waals surface area contributed by atoms with Gasteiger partial charge in [0.25, 0.3) is 5.91 Å². The van der Waals surface area contributed by atoms with Crippen molar-refractivity contribution in [2.24, 2.45) is 0 Å². The van der Waals surface area contributed by atoms with E-state index in [4.69, 9.17) is 4.74 Å². The van der Waals surface area contributed by atoms with Crippen molar-refractivity contribution in [2.45, 2.75) is 20.5 Å². The van der Waals surface area contributed by atoms with Gasteiger partial charge in [0.15, 0.2) is 17.3 Å². The molecule has 0 saturated carbocycles. The molecule has 1 N–H and O–H groups in total. The molecular weight excluding hydrogens is 380 g/mol. The lowest BCUT2D eigenvalue weighted by molar-refractivity contribution is 0.102. The number of pyridine rings is 2. The predicted molar refractivity (Wildman–Crippen MR) is 112 cm³/mol. The fourth-order valence-corrected chi connectivity index (χ4v) is 2.88. The summed E-state index contributed by atoms with van der Waals surface area (Å²) >= 11 is 0. The monoisotopic (exact) mass is 400 g/mol. The number of aryl methyl sites for hydroxylation is 1. The van der Waals surface area contributed by atoms with E-state index in [0.717, 1.165) is 16.8 Å². The zero-order valence-electron chi connectivity index (χ0n) is 16.6. The number of hydrogen-bond donors (Lipinski definition) is 1. The average molecular weight is 400 g/mol. The Morgan fingerprint density at radius 3 is 2.57 bits per heavy atom. The van der Waals surface area contributed by atoms with E-state index in [0.29, 0.717) is 23.9 Å². The summed E-state index contributed by atoms with van der Waals surface area (Å²) < 4.78 is 7.46. The van der Waals surface area contributed by atoms with Crippen LogP contribution in [0.1, 0.15) is 27.3 Å². The molecule has 0 atom stereocenters. The van der Waals surface area contributed by atoms with Crippen LogP contribution in [0.5, 0.6) is 5.75 Å². The van der Waals surface area contributed by atoms with Crippen LogP contribution >= 0.6 is 0 Å². The molecule has 1 aromatic carbocycles. The molecule has 4 aromatic rings. The summed E-state index contributed by atoms with van der Waals surface area (Å²) in [6, 6.07) is 15.1. The van der Waals surface area contributed by atoms with Gasteiger partial charge < -0.3 is 10.1 Å². The van der Waals surface area contributed by atoms with Gasteiger partial charge in [-0.15, -0.1) is 5.10 Å². The lowest BCUT2D eigenvalue weighted by Gasteiger charge is -2.11. The minimum atomic E-state index is -0.404. The van der Waals surface area contributed by atoms with E-state index in [2.05, 4.69) is 25.6 Å². The van der Waals surface area contributed by atoms with E-state index >= 15 is 0 Å². The third-order valence-corrected chi connectivity index (χ3v) is 4.53. The van der Waals surface area contributed by atoms with Gasteiger partial charge in [0, 0.05) is 18.6 Å². The molecule has 150 valence electrons. The molecule has 4 rings (SSSR count). The molecule has 0 spiro atoms. The van der Waals surface area contributed by atoms with Crippen LogP contribution < -0.4 is 10.1 Å². The Kier molecular flexibility index (Phi) is 5.47. The van der Waals surface area contributed by atoms with Crippen molar-refractivity contribution in [1.82, 2.24) is 25.0 Å². The van der Waals surface area contributed by atoms with Gasteiger partial charge in [-0.1, -0.05) is 22.9 Å². The van der Waals surface area contributed by atoms with E-state index in [1.807, 2.05) is 43.3 Å². The van der Waals surface area contributed by atoms with Crippen LogP contribution in [0.3, 0.4) is 0 Å². The minimum absolute atomic E-state index is 0.223. The topological polar surface area (TPSA) is 94.8 Å². The number of nitrogens with one attached hydrogen (secondary N) is 1. The minimum Gasteiger partial charge on any atom is -0.485 e. The van der Waals surface area contributed by atoms with E-state index in [1.165, 1.54) is 0 Å². The van der Waals surface area contributed by atoms with Gasteiger partial charge in [-0.25, -0.2) is 9.67 Å². The van der Waals surface area contributed by atoms with Gasteiger partial charge in [-0.2, -0.15) is 0 Å². The van der Waals surface area contributed by atoms with Crippen molar-refractivity contribution in [3.05, 3.63) is 89.6 Å². The average Bonchev–Trinajstić information content (AvgIpc) is 3.16. The van der Waals surface area contributed by atoms with Gasteiger partial charge in [-0.3, -0.25) is 9.78 Å². The summed E-state index contributed by atoms with van der Waals surface area (Å²) in [5.41, 5.74) is 3.80. The molecule has 0 fully saturated rings. The van der Waals surface area contributed by atoms with Crippen LogP contribution in [0.15, 0.2) is 67.1 Å². The molecular formula is C22H20N6O2. The smallest absolute Gasteiger partial charge is 0.279 e. The molecule has 30 heavy (non-hydrogen) atoms. The molecule has 3 heterocycles. The Hall–Kier alpha value is -4.07. The van der Waals surface area contributed by atoms with Crippen molar-refractivity contribution in [1.29, 1.82) is 0 Å². The molecule has 0 aliphatic rings. The van der Waals surface area contributed by atoms with E-state index in [-0.39, 0.29) is 5.69 Å². The molecule has 0 radical (unpaired) electrons. The van der Waals surface area contributed by atoms with Gasteiger partial charge >= 0.3 is 0 Å². The molecule has 0 saturated heterocycles. The molecule has 8 heteroatoms. The first-order valence-corrected chi connectivity index (χ1v) is 9.39. The lowest BCUT2D eigenvalue weighted by atomic mass is 10.2. The molecule has 0 unspecified atom stereocenters. The van der Waals surface area contributed by atoms with Gasteiger partial charge in [0.05, 0.1) is 11.4 Å². The van der Waals surface area contributed by atoms with Crippen molar-refractivity contribution in [3.63, 3.8) is 0 Å². The van der Waals surface area contributed by atoms with E-state index in [9.17, 15) is 4.79 Å². The highest BCUT2D eigenvalue weighted by Crippen LogP contribution is 2.23. The fourth-order valence-electron chi connectivity index (χ4n) is 2.88. The Balaban J connectivity index is 1.51. The maximum Gasteiger partial charge on any atom is 0.279 e. The molecule has 0 bridgehead atoms. The van der Waals surface area contributed by atoms with Crippen molar-refractivity contribution in [3.8, 4) is 11.4 Å². The zero-order valence-corrected chi connectivity index (χ0v) is 16.6. The number of nitrogens with zero attached hydrogens (tertiary/aromatic N) is 5. The second-order valence-electron chi connectivity index (χ2n) is 6.72. The van der Waals surface area contributed by atoms with Crippen molar-refractivity contribution in [2.75, 3.05) is 5.32 Å². The second kappa shape index (κ2) is 8.52. The molecule has 8 nitrogen and oxygen atoms in total. The number of anilines is 1. The summed E-state index contributed by atoms with van der Waals surface area (Å²) in [4.78, 5) is 21.1. The second-order valence-corrected chi connectivity index (χ2v) is 6.72. The number of ether oxygens (including phenoxy) is 1. The normalized spacial score (nSPS) is 10.6. The lowest BCUT2D eigenvalue weighted by Crippen LogP contribution is -2.16. The Labute approximate surface area is 173 Å². The van der Waals surface area contributed by atoms with Gasteiger partial charge in [-0.05, 0) is 55.8 Å². The Bertz CT molecular complexity index is 1160. The number of hydrogen-bond acceptors (Lipinski definition) is 6. The van der Waals surface area contributed by atoms with Crippen LogP contribution in [0.2, 0.25) is 0 Å². The van der Waals surface area contributed by atoms with Crippen LogP contribution in [0.4, 0.5) is 5.82 Å². The zero-order chi connectivity index (χ0) is 20.9. The van der Waals surface area contributed by atoms with Gasteiger partial charge in [0.2, 0.25) is 0 Å². The Morgan fingerprint density at radius 2 is 1.80 bits per heavy atom. The fraction of sp³-hybridized carbons (Fsp3) is 0.136. The van der Waals surface area contributed by atoms with E-state index < -0.39 is 5.91 Å². The molecule has 1 amide bonds. The Morgan fingerprint density at radius 1 is 1.03 bits per heavy atom. The number of aromatic nitrogens is 5. The SMILES string of the molecule is Cc1ccc(-n2nnc(C(=O)Nc3ncccc3OCc3ccncc3)c2C)cc1. The number of rotatable bonds is 6. The maximum absolute atomic E-state index is 12.8. The largest absolute Gasteiger partial charge is 0.485 e. The summed E-state index contributed by atoms with van der Waals surface area (Å²) in [5, 5.41) is 11.0.